The lowest BCUT2D eigenvalue weighted by Crippen LogP contribution is -2.44. The predicted molar refractivity (Wildman–Crippen MR) is 95.0 cm³/mol. The molecule has 7 nitrogen and oxygen atoms in total. The van der Waals surface area contributed by atoms with E-state index < -0.39 is 0 Å². The molecule has 25 heavy (non-hydrogen) atoms. The number of benzene rings is 1. The lowest BCUT2D eigenvalue weighted by Gasteiger charge is -2.32. The van der Waals surface area contributed by atoms with Gasteiger partial charge in [-0.3, -0.25) is 9.69 Å². The molecule has 130 valence electrons. The number of H-pyrrole nitrogens is 1. The number of anilines is 1. The van der Waals surface area contributed by atoms with Crippen molar-refractivity contribution in [1.82, 2.24) is 20.2 Å². The largest absolute Gasteiger partial charge is 0.418 e. The smallest absolute Gasteiger partial charge is 0.292 e. The third kappa shape index (κ3) is 3.36. The van der Waals surface area contributed by atoms with Crippen molar-refractivity contribution in [2.24, 2.45) is 0 Å². The van der Waals surface area contributed by atoms with Crippen molar-refractivity contribution in [2.45, 2.75) is 25.4 Å². The molecule has 0 spiro atoms. The number of oxazole rings is 1. The number of nitrogens with zero attached hydrogens (tertiary/aromatic N) is 2. The summed E-state index contributed by atoms with van der Waals surface area (Å²) in [6, 6.07) is 8.52. The number of likely N-dealkylation sites (tertiary alicyclic amines) is 1. The Bertz CT molecular complexity index is 876. The molecule has 0 saturated carbocycles. The zero-order valence-corrected chi connectivity index (χ0v) is 13.9. The van der Waals surface area contributed by atoms with Gasteiger partial charge in [0.25, 0.3) is 11.9 Å². The van der Waals surface area contributed by atoms with Gasteiger partial charge in [0.05, 0.1) is 6.20 Å². The van der Waals surface area contributed by atoms with Crippen LogP contribution in [0.3, 0.4) is 0 Å². The number of rotatable bonds is 4. The number of nitrogen functional groups attached to an aromatic ring is 1. The molecule has 2 aromatic heterocycles. The first kappa shape index (κ1) is 15.7. The minimum absolute atomic E-state index is 0.0127. The topological polar surface area (TPSA) is 100 Å². The first-order chi connectivity index (χ1) is 12.2. The van der Waals surface area contributed by atoms with E-state index in [9.17, 15) is 4.79 Å². The second-order valence-electron chi connectivity index (χ2n) is 6.45. The monoisotopic (exact) mass is 339 g/mol. The van der Waals surface area contributed by atoms with Gasteiger partial charge in [0.2, 0.25) is 5.76 Å². The van der Waals surface area contributed by atoms with E-state index in [1.165, 1.54) is 22.7 Å². The van der Waals surface area contributed by atoms with Crippen molar-refractivity contribution in [2.75, 3.05) is 18.8 Å². The molecule has 4 N–H and O–H groups in total. The molecule has 1 fully saturated rings. The number of hydrogen-bond donors (Lipinski definition) is 3. The van der Waals surface area contributed by atoms with Gasteiger partial charge in [0.15, 0.2) is 0 Å². The van der Waals surface area contributed by atoms with E-state index in [0.717, 1.165) is 32.5 Å². The van der Waals surface area contributed by atoms with E-state index in [2.05, 4.69) is 44.6 Å². The number of carbonyl (C=O) groups is 1. The number of carbonyl (C=O) groups excluding carboxylic acids is 1. The summed E-state index contributed by atoms with van der Waals surface area (Å²) in [4.78, 5) is 21.6. The van der Waals surface area contributed by atoms with E-state index in [0.29, 0.717) is 0 Å². The molecule has 0 aliphatic carbocycles. The maximum Gasteiger partial charge on any atom is 0.292 e. The molecule has 0 atom stereocenters. The molecule has 3 aromatic rings. The Labute approximate surface area is 145 Å². The summed E-state index contributed by atoms with van der Waals surface area (Å²) < 4.78 is 5.06. The summed E-state index contributed by atoms with van der Waals surface area (Å²) in [6.45, 7) is 2.81. The molecule has 1 aliphatic heterocycles. The van der Waals surface area contributed by atoms with Gasteiger partial charge >= 0.3 is 0 Å². The Balaban J connectivity index is 1.32. The van der Waals surface area contributed by atoms with Crippen LogP contribution < -0.4 is 11.1 Å². The van der Waals surface area contributed by atoms with E-state index in [-0.39, 0.29) is 23.7 Å². The Kier molecular flexibility index (Phi) is 4.15. The van der Waals surface area contributed by atoms with Crippen LogP contribution in [0.2, 0.25) is 0 Å². The van der Waals surface area contributed by atoms with Crippen LogP contribution in [0, 0.1) is 0 Å². The van der Waals surface area contributed by atoms with E-state index in [1.807, 2.05) is 6.07 Å². The molecule has 1 amide bonds. The van der Waals surface area contributed by atoms with Gasteiger partial charge in [-0.25, -0.2) is 4.98 Å². The molecule has 4 rings (SSSR count). The van der Waals surface area contributed by atoms with Crippen LogP contribution >= 0.6 is 0 Å². The van der Waals surface area contributed by atoms with Crippen molar-refractivity contribution in [1.29, 1.82) is 0 Å². The fourth-order valence-electron chi connectivity index (χ4n) is 3.39. The van der Waals surface area contributed by atoms with Gasteiger partial charge in [0.1, 0.15) is 0 Å². The summed E-state index contributed by atoms with van der Waals surface area (Å²) >= 11 is 0. The molecule has 0 radical (unpaired) electrons. The first-order valence-electron chi connectivity index (χ1n) is 8.48. The minimum atomic E-state index is -0.251. The van der Waals surface area contributed by atoms with E-state index >= 15 is 0 Å². The third-order valence-corrected chi connectivity index (χ3v) is 4.74. The number of nitrogens with one attached hydrogen (secondary N) is 2. The van der Waals surface area contributed by atoms with Crippen LogP contribution in [0.4, 0.5) is 6.01 Å². The standard InChI is InChI=1S/C18H21N5O2/c19-18-21-10-16(25-18)17(24)22-13-5-7-23(8-6-13)11-12-9-20-15-4-2-1-3-14(12)15/h1-4,9-10,13,20H,5-8,11H2,(H2,19,21)(H,22,24). The summed E-state index contributed by atoms with van der Waals surface area (Å²) in [5.41, 5.74) is 7.89. The molecule has 0 bridgehead atoms. The summed E-state index contributed by atoms with van der Waals surface area (Å²) in [7, 11) is 0. The van der Waals surface area contributed by atoms with Gasteiger partial charge < -0.3 is 20.5 Å². The maximum absolute atomic E-state index is 12.1. The Morgan fingerprint density at radius 1 is 1.36 bits per heavy atom. The van der Waals surface area contributed by atoms with Crippen LogP contribution in [-0.4, -0.2) is 39.9 Å². The molecular formula is C18H21N5O2. The van der Waals surface area contributed by atoms with Crippen molar-refractivity contribution < 1.29 is 9.21 Å². The number of aromatic amines is 1. The number of piperidine rings is 1. The molecule has 1 saturated heterocycles. The molecule has 1 aromatic carbocycles. The second kappa shape index (κ2) is 6.60. The van der Waals surface area contributed by atoms with E-state index in [1.54, 1.807) is 0 Å². The molecule has 3 heterocycles. The average molecular weight is 339 g/mol. The van der Waals surface area contributed by atoms with Gasteiger partial charge in [-0.1, -0.05) is 18.2 Å². The fourth-order valence-corrected chi connectivity index (χ4v) is 3.39. The fraction of sp³-hybridized carbons (Fsp3) is 0.333. The number of hydrogen-bond acceptors (Lipinski definition) is 5. The van der Waals surface area contributed by atoms with Gasteiger partial charge in [-0.05, 0) is 24.5 Å². The van der Waals surface area contributed by atoms with Gasteiger partial charge in [0, 0.05) is 42.8 Å². The highest BCUT2D eigenvalue weighted by atomic mass is 16.4. The van der Waals surface area contributed by atoms with E-state index in [4.69, 9.17) is 10.2 Å². The van der Waals surface area contributed by atoms with Crippen LogP contribution in [0.1, 0.15) is 29.0 Å². The quantitative estimate of drug-likeness (QED) is 0.676. The van der Waals surface area contributed by atoms with Gasteiger partial charge in [-0.15, -0.1) is 0 Å². The average Bonchev–Trinajstić information content (AvgIpc) is 3.24. The summed E-state index contributed by atoms with van der Waals surface area (Å²) in [6.07, 6.45) is 5.28. The zero-order chi connectivity index (χ0) is 17.2. The normalized spacial score (nSPS) is 16.3. The van der Waals surface area contributed by atoms with Crippen LogP contribution in [0.15, 0.2) is 41.1 Å². The van der Waals surface area contributed by atoms with Crippen LogP contribution in [-0.2, 0) is 6.54 Å². The number of nitrogens with two attached hydrogens (primary N) is 1. The molecular weight excluding hydrogens is 318 g/mol. The van der Waals surface area contributed by atoms with Crippen LogP contribution in [0.5, 0.6) is 0 Å². The first-order valence-corrected chi connectivity index (χ1v) is 8.48. The highest BCUT2D eigenvalue weighted by Crippen LogP contribution is 2.21. The Hall–Kier alpha value is -2.80. The van der Waals surface area contributed by atoms with Crippen LogP contribution in [0.25, 0.3) is 10.9 Å². The number of amides is 1. The summed E-state index contributed by atoms with van der Waals surface area (Å²) in [5, 5.41) is 4.27. The number of fused-ring (bicyclic) bond motifs is 1. The van der Waals surface area contributed by atoms with Gasteiger partial charge in [-0.2, -0.15) is 0 Å². The lowest BCUT2D eigenvalue weighted by molar-refractivity contribution is 0.0882. The number of para-hydroxylation sites is 1. The molecule has 1 aliphatic rings. The van der Waals surface area contributed by atoms with Crippen molar-refractivity contribution in [3.63, 3.8) is 0 Å². The zero-order valence-electron chi connectivity index (χ0n) is 13.9. The lowest BCUT2D eigenvalue weighted by atomic mass is 10.0. The molecule has 7 heteroatoms. The second-order valence-corrected chi connectivity index (χ2v) is 6.45. The van der Waals surface area contributed by atoms with Crippen molar-refractivity contribution >= 4 is 22.8 Å². The van der Waals surface area contributed by atoms with Crippen molar-refractivity contribution in [3.8, 4) is 0 Å². The van der Waals surface area contributed by atoms with Crippen molar-refractivity contribution in [3.05, 3.63) is 48.0 Å². The summed E-state index contributed by atoms with van der Waals surface area (Å²) in [5.74, 6) is -0.0852. The highest BCUT2D eigenvalue weighted by molar-refractivity contribution is 5.91. The minimum Gasteiger partial charge on any atom is -0.418 e. The Morgan fingerprint density at radius 3 is 2.92 bits per heavy atom. The third-order valence-electron chi connectivity index (χ3n) is 4.74. The predicted octanol–water partition coefficient (Wildman–Crippen LogP) is 2.13. The molecule has 0 unspecified atom stereocenters. The SMILES string of the molecule is Nc1ncc(C(=O)NC2CCN(Cc3c[nH]c4ccccc34)CC2)o1. The Morgan fingerprint density at radius 2 is 2.16 bits per heavy atom. The maximum atomic E-state index is 12.1. The number of aromatic nitrogens is 2. The highest BCUT2D eigenvalue weighted by Gasteiger charge is 2.23.